The minimum Gasteiger partial charge on any atom is -0.465 e. The van der Waals surface area contributed by atoms with E-state index >= 15 is 0 Å². The fraction of sp³-hybridized carbons (Fsp3) is 0.767. The predicted octanol–water partition coefficient (Wildman–Crippen LogP) is 8.02. The van der Waals surface area contributed by atoms with E-state index in [1.165, 1.54) is 19.3 Å². The van der Waals surface area contributed by atoms with E-state index in [0.29, 0.717) is 13.0 Å². The summed E-state index contributed by atoms with van der Waals surface area (Å²) in [6, 6.07) is 9.76. The number of carbonyl (C=O) groups excluding carboxylic acids is 1. The van der Waals surface area contributed by atoms with E-state index in [1.54, 1.807) is 0 Å². The third kappa shape index (κ3) is 10.6. The molecule has 0 aliphatic heterocycles. The molecule has 33 heavy (non-hydrogen) atoms. The molecule has 0 aliphatic rings. The van der Waals surface area contributed by atoms with Gasteiger partial charge in [-0.1, -0.05) is 111 Å². The molecule has 1 N–H and O–H groups in total. The van der Waals surface area contributed by atoms with E-state index in [1.807, 2.05) is 37.3 Å². The number of aliphatic hydroxyl groups is 1. The van der Waals surface area contributed by atoms with E-state index < -0.39 is 6.10 Å². The van der Waals surface area contributed by atoms with Crippen molar-refractivity contribution < 1.29 is 14.6 Å². The largest absolute Gasteiger partial charge is 0.465 e. The molecule has 3 nitrogen and oxygen atoms in total. The molecule has 0 spiro atoms. The summed E-state index contributed by atoms with van der Waals surface area (Å²) in [5.41, 5.74) is 0.928. The van der Waals surface area contributed by atoms with Crippen LogP contribution in [0.4, 0.5) is 0 Å². The van der Waals surface area contributed by atoms with Crippen molar-refractivity contribution >= 4 is 5.97 Å². The molecule has 3 heteroatoms. The molecule has 0 amide bonds. The zero-order valence-corrected chi connectivity index (χ0v) is 23.0. The Morgan fingerprint density at radius 1 is 0.818 bits per heavy atom. The van der Waals surface area contributed by atoms with Crippen molar-refractivity contribution in [2.24, 2.45) is 28.6 Å². The maximum atomic E-state index is 12.6. The third-order valence-electron chi connectivity index (χ3n) is 7.17. The molecule has 0 heterocycles. The van der Waals surface area contributed by atoms with Crippen LogP contribution < -0.4 is 0 Å². The van der Waals surface area contributed by atoms with Crippen LogP contribution in [0.25, 0.3) is 0 Å². The number of aliphatic hydroxyl groups excluding tert-OH is 1. The van der Waals surface area contributed by atoms with Crippen LogP contribution in [0.15, 0.2) is 30.3 Å². The summed E-state index contributed by atoms with van der Waals surface area (Å²) < 4.78 is 5.68. The van der Waals surface area contributed by atoms with Gasteiger partial charge >= 0.3 is 5.97 Å². The lowest BCUT2D eigenvalue weighted by Gasteiger charge is -2.43. The maximum Gasteiger partial charge on any atom is 0.313 e. The molecule has 0 aromatic heterocycles. The van der Waals surface area contributed by atoms with Gasteiger partial charge in [0.15, 0.2) is 0 Å². The first-order valence-corrected chi connectivity index (χ1v) is 13.1. The minimum absolute atomic E-state index is 0.0272. The SMILES string of the molecule is CC(C)CCCCCC(C(O)C(CCOC(=O)C(C)c1ccccc1)C(C)(C)C)C(C)(C)C. The molecule has 0 saturated carbocycles. The summed E-state index contributed by atoms with van der Waals surface area (Å²) in [5, 5.41) is 11.6. The Balaban J connectivity index is 2.76. The summed E-state index contributed by atoms with van der Waals surface area (Å²) in [5.74, 6) is 0.571. The number of ether oxygens (including phenoxy) is 1. The van der Waals surface area contributed by atoms with Gasteiger partial charge in [-0.25, -0.2) is 0 Å². The summed E-state index contributed by atoms with van der Waals surface area (Å²) in [6.07, 6.45) is 6.24. The van der Waals surface area contributed by atoms with Gasteiger partial charge in [0, 0.05) is 0 Å². The fourth-order valence-electron chi connectivity index (χ4n) is 4.90. The van der Waals surface area contributed by atoms with Crippen LogP contribution in [0.5, 0.6) is 0 Å². The monoisotopic (exact) mass is 460 g/mol. The Morgan fingerprint density at radius 2 is 1.33 bits per heavy atom. The molecule has 1 aromatic rings. The molecule has 0 bridgehead atoms. The lowest BCUT2D eigenvalue weighted by Crippen LogP contribution is -2.43. The predicted molar refractivity (Wildman–Crippen MR) is 140 cm³/mol. The van der Waals surface area contributed by atoms with Gasteiger partial charge in [0.05, 0.1) is 18.6 Å². The van der Waals surface area contributed by atoms with E-state index in [9.17, 15) is 9.90 Å². The molecule has 1 rings (SSSR count). The Kier molecular flexibility index (Phi) is 12.2. The van der Waals surface area contributed by atoms with Crippen LogP contribution in [0, 0.1) is 28.6 Å². The lowest BCUT2D eigenvalue weighted by atomic mass is 9.65. The molecule has 0 saturated heterocycles. The molecule has 0 fully saturated rings. The van der Waals surface area contributed by atoms with Crippen molar-refractivity contribution in [1.82, 2.24) is 0 Å². The number of rotatable bonds is 13. The average molecular weight is 461 g/mol. The zero-order valence-electron chi connectivity index (χ0n) is 23.0. The van der Waals surface area contributed by atoms with Gasteiger partial charge in [-0.3, -0.25) is 4.79 Å². The van der Waals surface area contributed by atoms with Crippen LogP contribution in [-0.2, 0) is 9.53 Å². The highest BCUT2D eigenvalue weighted by molar-refractivity contribution is 5.77. The van der Waals surface area contributed by atoms with Gasteiger partial charge in [-0.2, -0.15) is 0 Å². The number of unbranched alkanes of at least 4 members (excludes halogenated alkanes) is 2. The van der Waals surface area contributed by atoms with Crippen LogP contribution in [-0.4, -0.2) is 23.8 Å². The highest BCUT2D eigenvalue weighted by atomic mass is 16.5. The number of carbonyl (C=O) groups is 1. The summed E-state index contributed by atoms with van der Waals surface area (Å²) >= 11 is 0. The number of benzene rings is 1. The smallest absolute Gasteiger partial charge is 0.313 e. The standard InChI is InChI=1S/C30H52O3/c1-22(2)16-12-10-15-19-25(29(4,5)6)27(31)26(30(7,8)9)20-21-33-28(32)23(3)24-17-13-11-14-18-24/h11,13-14,17-18,22-23,25-27,31H,10,12,15-16,19-21H2,1-9H3. The highest BCUT2D eigenvalue weighted by Gasteiger charge is 2.40. The normalized spacial score (nSPS) is 16.3. The van der Waals surface area contributed by atoms with Crippen molar-refractivity contribution in [2.75, 3.05) is 6.61 Å². The van der Waals surface area contributed by atoms with Crippen molar-refractivity contribution in [3.63, 3.8) is 0 Å². The van der Waals surface area contributed by atoms with E-state index in [-0.39, 0.29) is 34.6 Å². The zero-order chi connectivity index (χ0) is 25.2. The topological polar surface area (TPSA) is 46.5 Å². The molecular weight excluding hydrogens is 408 g/mol. The average Bonchev–Trinajstić information content (AvgIpc) is 2.71. The molecule has 190 valence electrons. The van der Waals surface area contributed by atoms with Gasteiger partial charge in [0.2, 0.25) is 0 Å². The molecule has 0 radical (unpaired) electrons. The van der Waals surface area contributed by atoms with Gasteiger partial charge in [-0.15, -0.1) is 0 Å². The van der Waals surface area contributed by atoms with Gasteiger partial charge in [-0.05, 0) is 53.9 Å². The summed E-state index contributed by atoms with van der Waals surface area (Å²) in [4.78, 5) is 12.6. The molecular formula is C30H52O3. The summed E-state index contributed by atoms with van der Waals surface area (Å²) in [6.45, 7) is 20.1. The molecule has 4 unspecified atom stereocenters. The Hall–Kier alpha value is -1.35. The molecule has 0 aliphatic carbocycles. The quantitative estimate of drug-likeness (QED) is 0.239. The van der Waals surface area contributed by atoms with E-state index in [2.05, 4.69) is 55.4 Å². The number of hydrogen-bond donors (Lipinski definition) is 1. The Morgan fingerprint density at radius 3 is 1.85 bits per heavy atom. The molecule has 1 aromatic carbocycles. The third-order valence-corrected chi connectivity index (χ3v) is 7.17. The molecule has 4 atom stereocenters. The Labute approximate surface area is 204 Å². The fourth-order valence-corrected chi connectivity index (χ4v) is 4.90. The van der Waals surface area contributed by atoms with Crippen molar-refractivity contribution in [2.45, 2.75) is 113 Å². The van der Waals surface area contributed by atoms with Crippen LogP contribution in [0.2, 0.25) is 0 Å². The summed E-state index contributed by atoms with van der Waals surface area (Å²) in [7, 11) is 0. The van der Waals surface area contributed by atoms with Crippen molar-refractivity contribution in [1.29, 1.82) is 0 Å². The van der Waals surface area contributed by atoms with Gasteiger partial charge in [0.1, 0.15) is 0 Å². The van der Waals surface area contributed by atoms with Crippen LogP contribution in [0.1, 0.15) is 112 Å². The second kappa shape index (κ2) is 13.5. The van der Waals surface area contributed by atoms with E-state index in [4.69, 9.17) is 4.74 Å². The van der Waals surface area contributed by atoms with E-state index in [0.717, 1.165) is 24.3 Å². The maximum absolute atomic E-state index is 12.6. The number of hydrogen-bond acceptors (Lipinski definition) is 3. The first-order chi connectivity index (χ1) is 15.2. The first-order valence-electron chi connectivity index (χ1n) is 13.1. The van der Waals surface area contributed by atoms with Gasteiger partial charge in [0.25, 0.3) is 0 Å². The van der Waals surface area contributed by atoms with Crippen molar-refractivity contribution in [3.05, 3.63) is 35.9 Å². The second-order valence-corrected chi connectivity index (χ2v) is 12.6. The Bertz CT molecular complexity index is 666. The van der Waals surface area contributed by atoms with Crippen LogP contribution in [0.3, 0.4) is 0 Å². The highest BCUT2D eigenvalue weighted by Crippen LogP contribution is 2.42. The van der Waals surface area contributed by atoms with Gasteiger partial charge < -0.3 is 9.84 Å². The number of esters is 1. The second-order valence-electron chi connectivity index (χ2n) is 12.6. The van der Waals surface area contributed by atoms with Crippen LogP contribution >= 0.6 is 0 Å². The lowest BCUT2D eigenvalue weighted by molar-refractivity contribution is -0.146. The van der Waals surface area contributed by atoms with Crippen molar-refractivity contribution in [3.8, 4) is 0 Å². The first kappa shape index (κ1) is 29.7. The minimum atomic E-state index is -0.416.